The smallest absolute Gasteiger partial charge is 0.191 e. The highest BCUT2D eigenvalue weighted by atomic mass is 16.5. The van der Waals surface area contributed by atoms with Gasteiger partial charge in [-0.05, 0) is 25.1 Å². The average molecular weight is 364 g/mol. The van der Waals surface area contributed by atoms with E-state index < -0.39 is 0 Å². The zero-order chi connectivity index (χ0) is 19.1. The summed E-state index contributed by atoms with van der Waals surface area (Å²) in [6.45, 7) is 3.18. The van der Waals surface area contributed by atoms with Gasteiger partial charge in [0, 0.05) is 26.2 Å². The Balaban J connectivity index is 1.61. The Morgan fingerprint density at radius 2 is 1.81 bits per heavy atom. The fraction of sp³-hybridized carbons (Fsp3) is 0.250. The van der Waals surface area contributed by atoms with Crippen molar-refractivity contribution in [2.75, 3.05) is 7.05 Å². The Morgan fingerprint density at radius 3 is 2.52 bits per heavy atom. The molecule has 0 radical (unpaired) electrons. The van der Waals surface area contributed by atoms with Crippen LogP contribution >= 0.6 is 0 Å². The Kier molecular flexibility index (Phi) is 6.04. The molecule has 0 aliphatic rings. The van der Waals surface area contributed by atoms with E-state index in [2.05, 4.69) is 32.6 Å². The van der Waals surface area contributed by atoms with Crippen molar-refractivity contribution in [2.24, 2.45) is 12.0 Å². The van der Waals surface area contributed by atoms with Gasteiger partial charge in [0.1, 0.15) is 23.7 Å². The molecule has 1 aromatic heterocycles. The monoisotopic (exact) mass is 364 g/mol. The van der Waals surface area contributed by atoms with Crippen LogP contribution in [0.3, 0.4) is 0 Å². The molecule has 0 saturated carbocycles. The van der Waals surface area contributed by atoms with Gasteiger partial charge in [0.05, 0.1) is 6.54 Å². The van der Waals surface area contributed by atoms with Crippen molar-refractivity contribution < 1.29 is 4.74 Å². The zero-order valence-corrected chi connectivity index (χ0v) is 15.8. The van der Waals surface area contributed by atoms with Crippen LogP contribution in [0.15, 0.2) is 59.9 Å². The fourth-order valence-corrected chi connectivity index (χ4v) is 2.53. The van der Waals surface area contributed by atoms with Crippen LogP contribution in [0.1, 0.15) is 17.0 Å². The Labute approximate surface area is 159 Å². The third-order valence-electron chi connectivity index (χ3n) is 4.11. The SMILES string of the molecule is CN=C(NCc1ccccc1Oc1ccc(C)cc1)NCc1ncnn1C. The molecule has 3 aromatic rings. The summed E-state index contributed by atoms with van der Waals surface area (Å²) in [4.78, 5) is 8.45. The molecule has 0 amide bonds. The van der Waals surface area contributed by atoms with Crippen LogP contribution < -0.4 is 15.4 Å². The molecule has 2 aromatic carbocycles. The number of hydrogen-bond donors (Lipinski definition) is 2. The van der Waals surface area contributed by atoms with E-state index in [1.807, 2.05) is 55.6 Å². The van der Waals surface area contributed by atoms with Gasteiger partial charge in [-0.3, -0.25) is 9.67 Å². The summed E-state index contributed by atoms with van der Waals surface area (Å²) >= 11 is 0. The average Bonchev–Trinajstić information content (AvgIpc) is 3.10. The normalized spacial score (nSPS) is 11.3. The Hall–Kier alpha value is -3.35. The lowest BCUT2D eigenvalue weighted by atomic mass is 10.2. The maximum absolute atomic E-state index is 6.04. The highest BCUT2D eigenvalue weighted by Gasteiger charge is 2.07. The number of guanidine groups is 1. The van der Waals surface area contributed by atoms with Crippen molar-refractivity contribution in [3.63, 3.8) is 0 Å². The number of nitrogens with zero attached hydrogens (tertiary/aromatic N) is 4. The number of aryl methyl sites for hydroxylation is 2. The van der Waals surface area contributed by atoms with Crippen molar-refractivity contribution in [3.05, 3.63) is 71.8 Å². The minimum atomic E-state index is 0.539. The molecule has 0 bridgehead atoms. The highest BCUT2D eigenvalue weighted by molar-refractivity contribution is 5.79. The lowest BCUT2D eigenvalue weighted by molar-refractivity contribution is 0.475. The summed E-state index contributed by atoms with van der Waals surface area (Å²) in [7, 11) is 3.60. The van der Waals surface area contributed by atoms with Crippen molar-refractivity contribution in [1.82, 2.24) is 25.4 Å². The molecule has 0 unspecified atom stereocenters. The number of aliphatic imine (C=N–C) groups is 1. The van der Waals surface area contributed by atoms with Crippen molar-refractivity contribution in [1.29, 1.82) is 0 Å². The summed E-state index contributed by atoms with van der Waals surface area (Å²) in [5.41, 5.74) is 2.25. The van der Waals surface area contributed by atoms with Gasteiger partial charge in [0.25, 0.3) is 0 Å². The first kappa shape index (κ1) is 18.4. The minimum absolute atomic E-state index is 0.539. The molecule has 1 heterocycles. The van der Waals surface area contributed by atoms with E-state index >= 15 is 0 Å². The summed E-state index contributed by atoms with van der Waals surface area (Å²) in [6.07, 6.45) is 1.53. The summed E-state index contributed by atoms with van der Waals surface area (Å²) in [6, 6.07) is 16.0. The van der Waals surface area contributed by atoms with Crippen molar-refractivity contribution >= 4 is 5.96 Å². The predicted molar refractivity (Wildman–Crippen MR) is 106 cm³/mol. The fourth-order valence-electron chi connectivity index (χ4n) is 2.53. The van der Waals surface area contributed by atoms with E-state index in [9.17, 15) is 0 Å². The summed E-state index contributed by atoms with van der Waals surface area (Å²) in [5.74, 6) is 3.15. The second-order valence-corrected chi connectivity index (χ2v) is 6.10. The number of rotatable bonds is 6. The molecule has 0 atom stereocenters. The van der Waals surface area contributed by atoms with Crippen molar-refractivity contribution in [3.8, 4) is 11.5 Å². The molecule has 7 heteroatoms. The molecule has 27 heavy (non-hydrogen) atoms. The van der Waals surface area contributed by atoms with E-state index in [0.717, 1.165) is 22.9 Å². The van der Waals surface area contributed by atoms with Crippen LogP contribution in [0.2, 0.25) is 0 Å². The number of aromatic nitrogens is 3. The Morgan fingerprint density at radius 1 is 1.07 bits per heavy atom. The lowest BCUT2D eigenvalue weighted by Gasteiger charge is -2.14. The zero-order valence-electron chi connectivity index (χ0n) is 15.8. The summed E-state index contributed by atoms with van der Waals surface area (Å²) < 4.78 is 7.77. The molecule has 0 spiro atoms. The lowest BCUT2D eigenvalue weighted by Crippen LogP contribution is -2.37. The van der Waals surface area contributed by atoms with Crippen LogP contribution in [0, 0.1) is 6.92 Å². The van der Waals surface area contributed by atoms with Gasteiger partial charge in [0.15, 0.2) is 5.96 Å². The van der Waals surface area contributed by atoms with Crippen LogP contribution in [0.5, 0.6) is 11.5 Å². The number of nitrogens with one attached hydrogen (secondary N) is 2. The number of ether oxygens (including phenoxy) is 1. The molecule has 0 saturated heterocycles. The highest BCUT2D eigenvalue weighted by Crippen LogP contribution is 2.25. The third-order valence-corrected chi connectivity index (χ3v) is 4.11. The van der Waals surface area contributed by atoms with Crippen molar-refractivity contribution in [2.45, 2.75) is 20.0 Å². The molecule has 0 aliphatic heterocycles. The molecule has 0 aliphatic carbocycles. The number of hydrogen-bond acceptors (Lipinski definition) is 4. The van der Waals surface area contributed by atoms with Crippen LogP contribution in [-0.4, -0.2) is 27.8 Å². The van der Waals surface area contributed by atoms with E-state index in [-0.39, 0.29) is 0 Å². The second kappa shape index (κ2) is 8.84. The standard InChI is InChI=1S/C20H24N6O/c1-15-8-10-17(11-9-15)27-18-7-5-4-6-16(18)12-22-20(21-2)23-13-19-24-14-25-26(19)3/h4-11,14H,12-13H2,1-3H3,(H2,21,22,23). The maximum atomic E-state index is 6.04. The molecule has 3 rings (SSSR count). The van der Waals surface area contributed by atoms with Crippen LogP contribution in [0.4, 0.5) is 0 Å². The molecular formula is C20H24N6O. The molecular weight excluding hydrogens is 340 g/mol. The van der Waals surface area contributed by atoms with Gasteiger partial charge >= 0.3 is 0 Å². The molecule has 0 fully saturated rings. The first-order valence-corrected chi connectivity index (χ1v) is 8.75. The largest absolute Gasteiger partial charge is 0.457 e. The van der Waals surface area contributed by atoms with Gasteiger partial charge in [0.2, 0.25) is 0 Å². The minimum Gasteiger partial charge on any atom is -0.457 e. The van der Waals surface area contributed by atoms with E-state index in [0.29, 0.717) is 19.0 Å². The third kappa shape index (κ3) is 5.07. The molecule has 7 nitrogen and oxygen atoms in total. The number of para-hydroxylation sites is 1. The van der Waals surface area contributed by atoms with Gasteiger partial charge in [-0.2, -0.15) is 5.10 Å². The van der Waals surface area contributed by atoms with E-state index in [1.165, 1.54) is 11.9 Å². The topological polar surface area (TPSA) is 76.4 Å². The molecule has 2 N–H and O–H groups in total. The van der Waals surface area contributed by atoms with Gasteiger partial charge in [-0.1, -0.05) is 35.9 Å². The predicted octanol–water partition coefficient (Wildman–Crippen LogP) is 2.78. The maximum Gasteiger partial charge on any atom is 0.191 e. The summed E-state index contributed by atoms with van der Waals surface area (Å²) in [5, 5.41) is 10.6. The quantitative estimate of drug-likeness (QED) is 0.520. The van der Waals surface area contributed by atoms with Gasteiger partial charge in [-0.15, -0.1) is 0 Å². The number of benzene rings is 2. The Bertz CT molecular complexity index is 901. The first-order chi connectivity index (χ1) is 13.2. The van der Waals surface area contributed by atoms with Gasteiger partial charge in [-0.25, -0.2) is 4.98 Å². The van der Waals surface area contributed by atoms with Crippen LogP contribution in [0.25, 0.3) is 0 Å². The van der Waals surface area contributed by atoms with Crippen LogP contribution in [-0.2, 0) is 20.1 Å². The van der Waals surface area contributed by atoms with Gasteiger partial charge < -0.3 is 15.4 Å². The molecule has 140 valence electrons. The first-order valence-electron chi connectivity index (χ1n) is 8.75. The second-order valence-electron chi connectivity index (χ2n) is 6.10. The van der Waals surface area contributed by atoms with E-state index in [4.69, 9.17) is 4.74 Å². The van der Waals surface area contributed by atoms with E-state index in [1.54, 1.807) is 11.7 Å².